The van der Waals surface area contributed by atoms with E-state index in [1.807, 2.05) is 18.0 Å². The summed E-state index contributed by atoms with van der Waals surface area (Å²) in [6.45, 7) is 1.19. The van der Waals surface area contributed by atoms with Crippen molar-refractivity contribution in [2.24, 2.45) is 0 Å². The second-order valence-electron chi connectivity index (χ2n) is 7.97. The summed E-state index contributed by atoms with van der Waals surface area (Å²) < 4.78 is 27.6. The molecule has 0 spiro atoms. The molecule has 156 valence electrons. The molecule has 1 amide bonds. The van der Waals surface area contributed by atoms with Gasteiger partial charge in [-0.05, 0) is 55.4 Å². The van der Waals surface area contributed by atoms with Crippen LogP contribution in [0.3, 0.4) is 0 Å². The van der Waals surface area contributed by atoms with Crippen molar-refractivity contribution in [2.45, 2.75) is 55.2 Å². The van der Waals surface area contributed by atoms with Crippen LogP contribution in [0.25, 0.3) is 0 Å². The van der Waals surface area contributed by atoms with Gasteiger partial charge in [-0.3, -0.25) is 4.79 Å². The lowest BCUT2D eigenvalue weighted by Gasteiger charge is -2.33. The van der Waals surface area contributed by atoms with Crippen LogP contribution in [0.1, 0.15) is 54.1 Å². The molecule has 1 atom stereocenters. The average molecular weight is 433 g/mol. The highest BCUT2D eigenvalue weighted by Gasteiger charge is 2.29. The van der Waals surface area contributed by atoms with Crippen molar-refractivity contribution in [3.63, 3.8) is 0 Å². The molecule has 1 aromatic carbocycles. The van der Waals surface area contributed by atoms with Gasteiger partial charge in [0.05, 0.1) is 12.5 Å². The lowest BCUT2D eigenvalue weighted by Crippen LogP contribution is -2.35. The Morgan fingerprint density at radius 1 is 1.10 bits per heavy atom. The SMILES string of the molecule is CN(C(=O)Cc1ccc(S(=O)(=O)N2CCCCC2)s1)C1CCCc2ccccc21. The molecule has 5 nitrogen and oxygen atoms in total. The van der Waals surface area contributed by atoms with Gasteiger partial charge in [-0.1, -0.05) is 30.7 Å². The summed E-state index contributed by atoms with van der Waals surface area (Å²) in [5, 5.41) is 0. The number of hydrogen-bond donors (Lipinski definition) is 0. The zero-order valence-electron chi connectivity index (χ0n) is 16.8. The maximum absolute atomic E-state index is 13.0. The van der Waals surface area contributed by atoms with Gasteiger partial charge in [0, 0.05) is 25.0 Å². The molecule has 2 heterocycles. The van der Waals surface area contributed by atoms with Gasteiger partial charge >= 0.3 is 0 Å². The minimum atomic E-state index is -3.43. The van der Waals surface area contributed by atoms with Crippen molar-refractivity contribution in [3.8, 4) is 0 Å². The van der Waals surface area contributed by atoms with Crippen molar-refractivity contribution in [1.82, 2.24) is 9.21 Å². The number of carbonyl (C=O) groups excluding carboxylic acids is 1. The van der Waals surface area contributed by atoms with Gasteiger partial charge in [0.2, 0.25) is 5.91 Å². The number of rotatable bonds is 5. The second kappa shape index (κ2) is 8.58. The normalized spacial score (nSPS) is 20.2. The van der Waals surface area contributed by atoms with Crippen LogP contribution in [-0.2, 0) is 27.7 Å². The Balaban J connectivity index is 1.46. The molecular formula is C22H28N2O3S2. The molecule has 0 N–H and O–H groups in total. The molecule has 1 unspecified atom stereocenters. The number of amides is 1. The van der Waals surface area contributed by atoms with Gasteiger partial charge in [0.25, 0.3) is 10.0 Å². The number of sulfonamides is 1. The third kappa shape index (κ3) is 4.27. The average Bonchev–Trinajstić information content (AvgIpc) is 3.23. The van der Waals surface area contributed by atoms with E-state index >= 15 is 0 Å². The topological polar surface area (TPSA) is 57.7 Å². The maximum atomic E-state index is 13.0. The molecule has 0 bridgehead atoms. The maximum Gasteiger partial charge on any atom is 0.252 e. The Morgan fingerprint density at radius 2 is 1.86 bits per heavy atom. The van der Waals surface area contributed by atoms with Crippen LogP contribution in [0.4, 0.5) is 0 Å². The zero-order valence-corrected chi connectivity index (χ0v) is 18.5. The number of fused-ring (bicyclic) bond motifs is 1. The van der Waals surface area contributed by atoms with Crippen LogP contribution in [0.2, 0.25) is 0 Å². The lowest BCUT2D eigenvalue weighted by atomic mass is 9.87. The molecule has 29 heavy (non-hydrogen) atoms. The summed E-state index contributed by atoms with van der Waals surface area (Å²) in [5.74, 6) is 0.0375. The van der Waals surface area contributed by atoms with E-state index in [0.717, 1.165) is 43.4 Å². The Hall–Kier alpha value is -1.70. The van der Waals surface area contributed by atoms with E-state index in [2.05, 4.69) is 18.2 Å². The Bertz CT molecular complexity index is 977. The van der Waals surface area contributed by atoms with E-state index in [9.17, 15) is 13.2 Å². The van der Waals surface area contributed by atoms with Crippen molar-refractivity contribution in [2.75, 3.05) is 20.1 Å². The first-order valence-electron chi connectivity index (χ1n) is 10.4. The molecule has 1 saturated heterocycles. The number of benzene rings is 1. The molecule has 1 fully saturated rings. The van der Waals surface area contributed by atoms with Crippen LogP contribution in [-0.4, -0.2) is 43.7 Å². The summed E-state index contributed by atoms with van der Waals surface area (Å²) in [6, 6.07) is 11.9. The van der Waals surface area contributed by atoms with Gasteiger partial charge in [0.1, 0.15) is 4.21 Å². The van der Waals surface area contributed by atoms with Gasteiger partial charge in [-0.25, -0.2) is 8.42 Å². The molecule has 1 aliphatic heterocycles. The highest BCUT2D eigenvalue weighted by molar-refractivity contribution is 7.91. The highest BCUT2D eigenvalue weighted by Crippen LogP contribution is 2.34. The molecule has 7 heteroatoms. The standard InChI is InChI=1S/C22H28N2O3S2/c1-23(20-11-7-9-17-8-3-4-10-19(17)20)21(25)16-18-12-13-22(28-18)29(26,27)24-14-5-2-6-15-24/h3-4,8,10,12-13,20H,2,5-7,9,11,14-16H2,1H3. The van der Waals surface area contributed by atoms with Gasteiger partial charge in [0.15, 0.2) is 0 Å². The fourth-order valence-corrected chi connectivity index (χ4v) is 7.42. The number of aryl methyl sites for hydroxylation is 1. The first kappa shape index (κ1) is 20.6. The van der Waals surface area contributed by atoms with Crippen molar-refractivity contribution < 1.29 is 13.2 Å². The zero-order chi connectivity index (χ0) is 20.4. The highest BCUT2D eigenvalue weighted by atomic mass is 32.2. The Labute approximate surface area is 177 Å². The van der Waals surface area contributed by atoms with Crippen LogP contribution in [0.15, 0.2) is 40.6 Å². The number of piperidine rings is 1. The minimum Gasteiger partial charge on any atom is -0.338 e. The van der Waals surface area contributed by atoms with Crippen LogP contribution < -0.4 is 0 Å². The predicted octanol–water partition coefficient (Wildman–Crippen LogP) is 4.00. The van der Waals surface area contributed by atoms with Crippen molar-refractivity contribution in [1.29, 1.82) is 0 Å². The molecule has 4 rings (SSSR count). The third-order valence-electron chi connectivity index (χ3n) is 6.07. The molecule has 1 aliphatic carbocycles. The predicted molar refractivity (Wildman–Crippen MR) is 116 cm³/mol. The molecular weight excluding hydrogens is 404 g/mol. The van der Waals surface area contributed by atoms with Gasteiger partial charge in [-0.15, -0.1) is 11.3 Å². The second-order valence-corrected chi connectivity index (χ2v) is 11.3. The Kier molecular flexibility index (Phi) is 6.08. The summed E-state index contributed by atoms with van der Waals surface area (Å²) in [6.07, 6.45) is 6.29. The van der Waals surface area contributed by atoms with E-state index < -0.39 is 10.0 Å². The van der Waals surface area contributed by atoms with Crippen LogP contribution in [0.5, 0.6) is 0 Å². The van der Waals surface area contributed by atoms with E-state index in [4.69, 9.17) is 0 Å². The number of likely N-dealkylation sites (N-methyl/N-ethyl adjacent to an activating group) is 1. The molecule has 0 saturated carbocycles. The number of nitrogens with zero attached hydrogens (tertiary/aromatic N) is 2. The van der Waals surface area contributed by atoms with E-state index in [-0.39, 0.29) is 18.4 Å². The molecule has 2 aliphatic rings. The fraction of sp³-hybridized carbons (Fsp3) is 0.500. The summed E-state index contributed by atoms with van der Waals surface area (Å²) in [4.78, 5) is 15.6. The number of thiophene rings is 1. The fourth-order valence-electron chi connectivity index (χ4n) is 4.40. The van der Waals surface area contributed by atoms with E-state index in [1.165, 1.54) is 22.5 Å². The smallest absolute Gasteiger partial charge is 0.252 e. The van der Waals surface area contributed by atoms with E-state index in [0.29, 0.717) is 17.3 Å². The first-order valence-corrected chi connectivity index (χ1v) is 12.6. The largest absolute Gasteiger partial charge is 0.338 e. The summed E-state index contributed by atoms with van der Waals surface area (Å²) in [7, 11) is -1.56. The third-order valence-corrected chi connectivity index (χ3v) is 9.52. The lowest BCUT2D eigenvalue weighted by molar-refractivity contribution is -0.131. The van der Waals surface area contributed by atoms with Gasteiger partial charge in [-0.2, -0.15) is 4.31 Å². The molecule has 2 aromatic rings. The van der Waals surface area contributed by atoms with Crippen molar-refractivity contribution in [3.05, 3.63) is 52.4 Å². The number of hydrogen-bond acceptors (Lipinski definition) is 4. The van der Waals surface area contributed by atoms with Crippen molar-refractivity contribution >= 4 is 27.3 Å². The quantitative estimate of drug-likeness (QED) is 0.718. The first-order chi connectivity index (χ1) is 14.0. The van der Waals surface area contributed by atoms with E-state index in [1.54, 1.807) is 16.4 Å². The minimum absolute atomic E-state index is 0.0375. The summed E-state index contributed by atoms with van der Waals surface area (Å²) in [5.41, 5.74) is 2.57. The molecule has 0 radical (unpaired) electrons. The monoisotopic (exact) mass is 432 g/mol. The van der Waals surface area contributed by atoms with Gasteiger partial charge < -0.3 is 4.90 Å². The van der Waals surface area contributed by atoms with Crippen LogP contribution in [0, 0.1) is 0 Å². The summed E-state index contributed by atoms with van der Waals surface area (Å²) >= 11 is 1.23. The van der Waals surface area contributed by atoms with Crippen LogP contribution >= 0.6 is 11.3 Å². The number of carbonyl (C=O) groups is 1. The Morgan fingerprint density at radius 3 is 2.66 bits per heavy atom. The molecule has 1 aromatic heterocycles.